The third-order valence-corrected chi connectivity index (χ3v) is 6.12. The zero-order chi connectivity index (χ0) is 20.7. The summed E-state index contributed by atoms with van der Waals surface area (Å²) in [7, 11) is 0. The van der Waals surface area contributed by atoms with E-state index in [-0.39, 0.29) is 17.4 Å². The molecule has 152 valence electrons. The first-order valence-electron chi connectivity index (χ1n) is 10.3. The molecule has 1 aliphatic rings. The highest BCUT2D eigenvalue weighted by Gasteiger charge is 2.23. The zero-order valence-corrected chi connectivity index (χ0v) is 16.7. The summed E-state index contributed by atoms with van der Waals surface area (Å²) < 4.78 is 0. The van der Waals surface area contributed by atoms with Gasteiger partial charge in [-0.15, -0.1) is 0 Å². The van der Waals surface area contributed by atoms with Crippen molar-refractivity contribution in [1.82, 2.24) is 14.9 Å². The van der Waals surface area contributed by atoms with Crippen molar-refractivity contribution >= 4 is 27.7 Å². The van der Waals surface area contributed by atoms with E-state index in [2.05, 4.69) is 33.1 Å². The van der Waals surface area contributed by atoms with Crippen LogP contribution in [0.15, 0.2) is 59.4 Å². The summed E-state index contributed by atoms with van der Waals surface area (Å²) in [5.41, 5.74) is 9.86. The van der Waals surface area contributed by atoms with Gasteiger partial charge in [0.2, 0.25) is 5.91 Å². The molecule has 30 heavy (non-hydrogen) atoms. The van der Waals surface area contributed by atoms with E-state index in [1.165, 1.54) is 5.56 Å². The number of aromatic amines is 2. The van der Waals surface area contributed by atoms with Crippen molar-refractivity contribution in [3.63, 3.8) is 0 Å². The SMILES string of the molecule is NC(=O)C1CCN(Cc2ccc3[nH]c(-c4cc5ccccc5[nH]c4=O)cc3c2)CC1. The lowest BCUT2D eigenvalue weighted by Crippen LogP contribution is -2.38. The average Bonchev–Trinajstić information content (AvgIpc) is 3.16. The number of para-hydroxylation sites is 1. The van der Waals surface area contributed by atoms with Gasteiger partial charge < -0.3 is 15.7 Å². The number of rotatable bonds is 4. The van der Waals surface area contributed by atoms with Crippen molar-refractivity contribution in [2.45, 2.75) is 19.4 Å². The molecule has 1 fully saturated rings. The van der Waals surface area contributed by atoms with Gasteiger partial charge in [-0.1, -0.05) is 24.3 Å². The van der Waals surface area contributed by atoms with E-state index >= 15 is 0 Å². The molecule has 0 atom stereocenters. The topological polar surface area (TPSA) is 95.0 Å². The summed E-state index contributed by atoms with van der Waals surface area (Å²) >= 11 is 0. The lowest BCUT2D eigenvalue weighted by molar-refractivity contribution is -0.123. The van der Waals surface area contributed by atoms with Crippen LogP contribution < -0.4 is 11.3 Å². The van der Waals surface area contributed by atoms with E-state index in [1.807, 2.05) is 36.4 Å². The van der Waals surface area contributed by atoms with Crippen molar-refractivity contribution < 1.29 is 4.79 Å². The van der Waals surface area contributed by atoms with Gasteiger partial charge in [-0.05, 0) is 67.2 Å². The predicted molar refractivity (Wildman–Crippen MR) is 119 cm³/mol. The monoisotopic (exact) mass is 400 g/mol. The molecule has 4 aromatic rings. The third-order valence-electron chi connectivity index (χ3n) is 6.12. The van der Waals surface area contributed by atoms with Crippen LogP contribution >= 0.6 is 0 Å². The Labute approximate surface area is 173 Å². The van der Waals surface area contributed by atoms with Crippen LogP contribution in [0.3, 0.4) is 0 Å². The van der Waals surface area contributed by atoms with E-state index in [9.17, 15) is 9.59 Å². The zero-order valence-electron chi connectivity index (χ0n) is 16.7. The number of hydrogen-bond acceptors (Lipinski definition) is 3. The number of hydrogen-bond donors (Lipinski definition) is 3. The second-order valence-electron chi connectivity index (χ2n) is 8.16. The number of carbonyl (C=O) groups is 1. The molecule has 0 saturated carbocycles. The Morgan fingerprint density at radius 3 is 2.53 bits per heavy atom. The summed E-state index contributed by atoms with van der Waals surface area (Å²) in [6, 6.07) is 18.1. The minimum atomic E-state index is -0.181. The largest absolute Gasteiger partial charge is 0.369 e. The number of pyridine rings is 1. The molecule has 0 aliphatic carbocycles. The predicted octanol–water partition coefficient (Wildman–Crippen LogP) is 3.37. The first-order valence-corrected chi connectivity index (χ1v) is 10.3. The molecule has 4 N–H and O–H groups in total. The van der Waals surface area contributed by atoms with Crippen molar-refractivity contribution in [2.75, 3.05) is 13.1 Å². The molecule has 1 saturated heterocycles. The molecule has 5 rings (SSSR count). The Hall–Kier alpha value is -3.38. The van der Waals surface area contributed by atoms with Crippen LogP contribution in [0.25, 0.3) is 33.1 Å². The smallest absolute Gasteiger partial charge is 0.257 e. The Morgan fingerprint density at radius 2 is 1.73 bits per heavy atom. The highest BCUT2D eigenvalue weighted by molar-refractivity contribution is 5.89. The van der Waals surface area contributed by atoms with Gasteiger partial charge in [0.25, 0.3) is 5.56 Å². The fourth-order valence-corrected chi connectivity index (χ4v) is 4.41. The van der Waals surface area contributed by atoms with Crippen LogP contribution in [0.5, 0.6) is 0 Å². The number of nitrogens with one attached hydrogen (secondary N) is 2. The number of nitrogens with two attached hydrogens (primary N) is 1. The number of nitrogens with zero attached hydrogens (tertiary/aromatic N) is 1. The third kappa shape index (κ3) is 3.50. The van der Waals surface area contributed by atoms with E-state index in [0.717, 1.165) is 60.0 Å². The number of aromatic nitrogens is 2. The summed E-state index contributed by atoms with van der Waals surface area (Å²) in [5, 5.41) is 2.09. The molecule has 2 aromatic heterocycles. The molecule has 2 aromatic carbocycles. The van der Waals surface area contributed by atoms with E-state index < -0.39 is 0 Å². The molecule has 0 radical (unpaired) electrons. The standard InChI is InChI=1S/C24H24N4O2/c25-23(29)16-7-9-28(10-8-16)14-15-5-6-21-18(11-15)13-22(26-21)19-12-17-3-1-2-4-20(17)27-24(19)30/h1-6,11-13,16,26H,7-10,14H2,(H2,25,29)(H,27,30). The molecule has 3 heterocycles. The highest BCUT2D eigenvalue weighted by atomic mass is 16.1. The summed E-state index contributed by atoms with van der Waals surface area (Å²) in [5.74, 6) is -0.171. The first kappa shape index (κ1) is 18.6. The van der Waals surface area contributed by atoms with Gasteiger partial charge in [-0.2, -0.15) is 0 Å². The maximum atomic E-state index is 12.6. The van der Waals surface area contributed by atoms with Gasteiger partial charge in [0.15, 0.2) is 0 Å². The molecule has 0 spiro atoms. The number of H-pyrrole nitrogens is 2. The molecule has 0 unspecified atom stereocenters. The van der Waals surface area contributed by atoms with Gasteiger partial charge >= 0.3 is 0 Å². The van der Waals surface area contributed by atoms with E-state index in [0.29, 0.717) is 5.56 Å². The number of piperidine rings is 1. The molecule has 1 amide bonds. The van der Waals surface area contributed by atoms with Gasteiger partial charge in [-0.3, -0.25) is 14.5 Å². The first-order chi connectivity index (χ1) is 14.6. The average molecular weight is 400 g/mol. The number of carbonyl (C=O) groups excluding carboxylic acids is 1. The van der Waals surface area contributed by atoms with E-state index in [4.69, 9.17) is 5.73 Å². The number of likely N-dealkylation sites (tertiary alicyclic amines) is 1. The number of fused-ring (bicyclic) bond motifs is 2. The quantitative estimate of drug-likeness (QED) is 0.490. The van der Waals surface area contributed by atoms with Crippen molar-refractivity contribution in [1.29, 1.82) is 0 Å². The maximum absolute atomic E-state index is 12.6. The van der Waals surface area contributed by atoms with Crippen LogP contribution in [0.2, 0.25) is 0 Å². The fourth-order valence-electron chi connectivity index (χ4n) is 4.41. The number of primary amides is 1. The van der Waals surface area contributed by atoms with Crippen molar-refractivity contribution in [3.05, 3.63) is 70.5 Å². The van der Waals surface area contributed by atoms with Crippen LogP contribution in [0.4, 0.5) is 0 Å². The Kier molecular flexibility index (Phi) is 4.64. The highest BCUT2D eigenvalue weighted by Crippen LogP contribution is 2.26. The molecular formula is C24H24N4O2. The summed E-state index contributed by atoms with van der Waals surface area (Å²) in [4.78, 5) is 32.7. The van der Waals surface area contributed by atoms with Gasteiger partial charge in [-0.25, -0.2) is 0 Å². The summed E-state index contributed by atoms with van der Waals surface area (Å²) in [6.45, 7) is 2.62. The molecular weight excluding hydrogens is 376 g/mol. The number of amides is 1. The molecule has 6 nitrogen and oxygen atoms in total. The minimum Gasteiger partial charge on any atom is -0.369 e. The maximum Gasteiger partial charge on any atom is 0.257 e. The van der Waals surface area contributed by atoms with Crippen molar-refractivity contribution in [2.24, 2.45) is 11.7 Å². The Morgan fingerprint density at radius 1 is 0.967 bits per heavy atom. The second kappa shape index (κ2) is 7.46. The number of benzene rings is 2. The van der Waals surface area contributed by atoms with Crippen LogP contribution in [0.1, 0.15) is 18.4 Å². The normalized spacial score (nSPS) is 15.7. The second-order valence-corrected chi connectivity index (χ2v) is 8.16. The van der Waals surface area contributed by atoms with E-state index in [1.54, 1.807) is 0 Å². The Balaban J connectivity index is 1.40. The fraction of sp³-hybridized carbons (Fsp3) is 0.250. The minimum absolute atomic E-state index is 0.0102. The van der Waals surface area contributed by atoms with Crippen LogP contribution in [-0.2, 0) is 11.3 Å². The molecule has 6 heteroatoms. The molecule has 0 bridgehead atoms. The van der Waals surface area contributed by atoms with Crippen LogP contribution in [-0.4, -0.2) is 33.9 Å². The van der Waals surface area contributed by atoms with Gasteiger partial charge in [0, 0.05) is 28.9 Å². The summed E-state index contributed by atoms with van der Waals surface area (Å²) in [6.07, 6.45) is 1.66. The lowest BCUT2D eigenvalue weighted by Gasteiger charge is -2.30. The van der Waals surface area contributed by atoms with Gasteiger partial charge in [0.1, 0.15) is 0 Å². The van der Waals surface area contributed by atoms with Crippen molar-refractivity contribution in [3.8, 4) is 11.3 Å². The van der Waals surface area contributed by atoms with Gasteiger partial charge in [0.05, 0.1) is 11.3 Å². The van der Waals surface area contributed by atoms with Crippen LogP contribution in [0, 0.1) is 5.92 Å². The Bertz CT molecular complexity index is 1300. The molecule has 1 aliphatic heterocycles. The lowest BCUT2D eigenvalue weighted by atomic mass is 9.96.